The molecule has 1 aromatic rings. The monoisotopic (exact) mass is 556 g/mol. The number of ether oxygens (including phenoxy) is 5. The van der Waals surface area contributed by atoms with Gasteiger partial charge in [0.25, 0.3) is 0 Å². The first-order valence-electron chi connectivity index (χ1n) is 14.6. The lowest BCUT2D eigenvalue weighted by Crippen LogP contribution is -2.72. The van der Waals surface area contributed by atoms with Crippen molar-refractivity contribution in [1.82, 2.24) is 0 Å². The van der Waals surface area contributed by atoms with Crippen LogP contribution in [0.1, 0.15) is 86.0 Å². The van der Waals surface area contributed by atoms with Gasteiger partial charge < -0.3 is 33.9 Å². The van der Waals surface area contributed by atoms with Crippen molar-refractivity contribution in [3.05, 3.63) is 47.0 Å². The predicted molar refractivity (Wildman–Crippen MR) is 146 cm³/mol. The van der Waals surface area contributed by atoms with Gasteiger partial charge in [-0.3, -0.25) is 4.79 Å². The summed E-state index contributed by atoms with van der Waals surface area (Å²) >= 11 is 0. The van der Waals surface area contributed by atoms with Gasteiger partial charge in [-0.25, -0.2) is 0 Å². The minimum Gasteiger partial charge on any atom is -0.463 e. The SMILES string of the molecule is CC(=O)OC[C@]1(O)CCC[C@]2(C)[C@@H]1[C@@H]1O[C@H](c3ccccc3)O[C@]13C[C@H](O)C(C)=C([C@H]1OC(C)(C)O[C@@H]12)C3(C)C. The van der Waals surface area contributed by atoms with E-state index in [9.17, 15) is 15.0 Å². The van der Waals surface area contributed by atoms with Crippen LogP contribution in [-0.2, 0) is 28.5 Å². The van der Waals surface area contributed by atoms with Gasteiger partial charge in [-0.05, 0) is 51.2 Å². The Morgan fingerprint density at radius 3 is 2.40 bits per heavy atom. The highest BCUT2D eigenvalue weighted by atomic mass is 16.8. The van der Waals surface area contributed by atoms with Crippen LogP contribution in [0.3, 0.4) is 0 Å². The Morgan fingerprint density at radius 2 is 1.73 bits per heavy atom. The molecule has 0 aromatic heterocycles. The Kier molecular flexibility index (Phi) is 6.44. The van der Waals surface area contributed by atoms with E-state index in [0.717, 1.165) is 29.6 Å². The van der Waals surface area contributed by atoms with Crippen molar-refractivity contribution in [3.8, 4) is 0 Å². The first kappa shape index (κ1) is 28.3. The first-order chi connectivity index (χ1) is 18.7. The minimum absolute atomic E-state index is 0.152. The molecule has 2 aliphatic heterocycles. The fourth-order valence-electron chi connectivity index (χ4n) is 8.97. The number of carbonyl (C=O) groups is 1. The molecule has 5 aliphatic rings. The Morgan fingerprint density at radius 1 is 1.02 bits per heavy atom. The summed E-state index contributed by atoms with van der Waals surface area (Å²) in [6, 6.07) is 9.80. The van der Waals surface area contributed by atoms with Crippen molar-refractivity contribution in [2.45, 2.75) is 122 Å². The van der Waals surface area contributed by atoms with Gasteiger partial charge in [-0.2, -0.15) is 0 Å². The summed E-state index contributed by atoms with van der Waals surface area (Å²) in [5.74, 6) is -1.86. The normalized spacial score (nSPS) is 45.1. The Balaban J connectivity index is 1.61. The van der Waals surface area contributed by atoms with Crippen LogP contribution in [0.25, 0.3) is 0 Å². The highest BCUT2D eigenvalue weighted by Gasteiger charge is 2.75. The van der Waals surface area contributed by atoms with E-state index in [0.29, 0.717) is 12.8 Å². The van der Waals surface area contributed by atoms with Gasteiger partial charge in [-0.1, -0.05) is 51.1 Å². The van der Waals surface area contributed by atoms with E-state index >= 15 is 0 Å². The summed E-state index contributed by atoms with van der Waals surface area (Å²) in [7, 11) is 0. The third-order valence-corrected chi connectivity index (χ3v) is 10.7. The van der Waals surface area contributed by atoms with Gasteiger partial charge in [-0.15, -0.1) is 0 Å². The summed E-state index contributed by atoms with van der Waals surface area (Å²) < 4.78 is 33.0. The largest absolute Gasteiger partial charge is 0.463 e. The zero-order valence-corrected chi connectivity index (χ0v) is 24.7. The van der Waals surface area contributed by atoms with E-state index in [1.807, 2.05) is 51.1 Å². The average Bonchev–Trinajstić information content (AvgIpc) is 3.40. The van der Waals surface area contributed by atoms with E-state index in [2.05, 4.69) is 20.8 Å². The molecular formula is C32H44O8. The van der Waals surface area contributed by atoms with Crippen LogP contribution in [0.4, 0.5) is 0 Å². The topological polar surface area (TPSA) is 104 Å². The summed E-state index contributed by atoms with van der Waals surface area (Å²) in [6.07, 6.45) is -0.760. The maximum Gasteiger partial charge on any atom is 0.302 e. The van der Waals surface area contributed by atoms with Crippen LogP contribution in [0.15, 0.2) is 41.5 Å². The molecule has 4 fully saturated rings. The van der Waals surface area contributed by atoms with Crippen molar-refractivity contribution >= 4 is 5.97 Å². The van der Waals surface area contributed by atoms with Crippen molar-refractivity contribution in [2.24, 2.45) is 16.7 Å². The number of hydrogen-bond acceptors (Lipinski definition) is 8. The molecule has 2 N–H and O–H groups in total. The fourth-order valence-corrected chi connectivity index (χ4v) is 8.97. The number of rotatable bonds is 3. The molecule has 40 heavy (non-hydrogen) atoms. The van der Waals surface area contributed by atoms with Crippen LogP contribution in [0, 0.1) is 16.7 Å². The van der Waals surface area contributed by atoms with Crippen molar-refractivity contribution < 1.29 is 38.7 Å². The second-order valence-electron chi connectivity index (χ2n) is 13.9. The number of fused-ring (bicyclic) bond motifs is 6. The number of aliphatic hydroxyl groups excluding tert-OH is 1. The summed E-state index contributed by atoms with van der Waals surface area (Å²) in [4.78, 5) is 12.0. The van der Waals surface area contributed by atoms with E-state index < -0.39 is 70.4 Å². The number of hydrogen-bond donors (Lipinski definition) is 2. The Bertz CT molecular complexity index is 1210. The summed E-state index contributed by atoms with van der Waals surface area (Å²) in [5.41, 5.74) is -0.948. The zero-order chi connectivity index (χ0) is 28.9. The highest BCUT2D eigenvalue weighted by Crippen LogP contribution is 2.68. The molecule has 8 heteroatoms. The quantitative estimate of drug-likeness (QED) is 0.412. The predicted octanol–water partition coefficient (Wildman–Crippen LogP) is 4.58. The van der Waals surface area contributed by atoms with Crippen molar-refractivity contribution in [2.75, 3.05) is 6.61 Å². The number of aliphatic hydroxyl groups is 2. The second kappa shape index (κ2) is 9.09. The molecule has 2 saturated carbocycles. The smallest absolute Gasteiger partial charge is 0.302 e. The lowest BCUT2D eigenvalue weighted by atomic mass is 9.46. The molecule has 0 unspecified atom stereocenters. The summed E-state index contributed by atoms with van der Waals surface area (Å²) in [5, 5.41) is 24.2. The average molecular weight is 557 g/mol. The molecule has 2 heterocycles. The Labute approximate surface area is 237 Å². The van der Waals surface area contributed by atoms with Gasteiger partial charge in [0.05, 0.1) is 18.3 Å². The number of carbonyl (C=O) groups excluding carboxylic acids is 1. The number of esters is 1. The second-order valence-corrected chi connectivity index (χ2v) is 13.9. The van der Waals surface area contributed by atoms with E-state index in [1.165, 1.54) is 6.92 Å². The molecule has 1 aromatic carbocycles. The molecule has 2 bridgehead atoms. The fraction of sp³-hybridized carbons (Fsp3) is 0.719. The lowest BCUT2D eigenvalue weighted by molar-refractivity contribution is -0.241. The van der Waals surface area contributed by atoms with Crippen LogP contribution in [0.2, 0.25) is 0 Å². The molecule has 3 aliphatic carbocycles. The van der Waals surface area contributed by atoms with Gasteiger partial charge in [0.15, 0.2) is 12.1 Å². The first-order valence-corrected chi connectivity index (χ1v) is 14.6. The molecule has 1 spiro atoms. The van der Waals surface area contributed by atoms with Gasteiger partial charge in [0.1, 0.15) is 23.9 Å². The van der Waals surface area contributed by atoms with Crippen molar-refractivity contribution in [1.29, 1.82) is 0 Å². The van der Waals surface area contributed by atoms with Gasteiger partial charge in [0.2, 0.25) is 0 Å². The van der Waals surface area contributed by atoms with Gasteiger partial charge in [0, 0.05) is 35.7 Å². The molecular weight excluding hydrogens is 512 g/mol. The third-order valence-electron chi connectivity index (χ3n) is 10.7. The van der Waals surface area contributed by atoms with E-state index in [4.69, 9.17) is 23.7 Å². The Hall–Kier alpha value is -1.81. The number of benzene rings is 1. The maximum atomic E-state index is 12.5. The van der Waals surface area contributed by atoms with E-state index in [-0.39, 0.29) is 6.61 Å². The highest BCUT2D eigenvalue weighted by molar-refractivity contribution is 5.66. The minimum atomic E-state index is -1.40. The molecule has 220 valence electrons. The molecule has 9 atom stereocenters. The standard InChI is InChI=1S/C32H44O8/c1-18-21(34)16-32-26(37-27(40-32)20-12-9-8-10-13-20)24-30(7,14-11-15-31(24,35)17-36-19(2)33)25-23(22(18)28(32,3)4)38-29(5,6)39-25/h8-10,12-13,21,23-27,34-35H,11,14-17H2,1-7H3/t21-,23+,24-,25-,26-,27-,30+,31+,32+/m0/s1. The maximum absolute atomic E-state index is 12.5. The lowest BCUT2D eigenvalue weighted by Gasteiger charge is -2.63. The van der Waals surface area contributed by atoms with Gasteiger partial charge >= 0.3 is 5.97 Å². The zero-order valence-electron chi connectivity index (χ0n) is 24.7. The third kappa shape index (κ3) is 3.90. The van der Waals surface area contributed by atoms with E-state index in [1.54, 1.807) is 0 Å². The van der Waals surface area contributed by atoms with Crippen LogP contribution >= 0.6 is 0 Å². The molecule has 2 saturated heterocycles. The summed E-state index contributed by atoms with van der Waals surface area (Å²) in [6.45, 7) is 13.5. The van der Waals surface area contributed by atoms with Crippen molar-refractivity contribution in [3.63, 3.8) is 0 Å². The van der Waals surface area contributed by atoms with Crippen LogP contribution < -0.4 is 0 Å². The molecule has 0 radical (unpaired) electrons. The molecule has 8 nitrogen and oxygen atoms in total. The molecule has 0 amide bonds. The molecule has 6 rings (SSSR count). The van der Waals surface area contributed by atoms with Crippen LogP contribution in [0.5, 0.6) is 0 Å². The van der Waals surface area contributed by atoms with Crippen LogP contribution in [-0.4, -0.2) is 64.2 Å².